The van der Waals surface area contributed by atoms with Gasteiger partial charge in [-0.1, -0.05) is 24.3 Å². The van der Waals surface area contributed by atoms with Crippen LogP contribution in [-0.2, 0) is 19.3 Å². The lowest BCUT2D eigenvalue weighted by atomic mass is 10.1. The van der Waals surface area contributed by atoms with Crippen LogP contribution >= 0.6 is 0 Å². The molecule has 0 aliphatic heterocycles. The number of nitrogens with zero attached hydrogens (tertiary/aromatic N) is 1. The van der Waals surface area contributed by atoms with Crippen LogP contribution in [0.15, 0.2) is 57.7 Å². The first-order valence-electron chi connectivity index (χ1n) is 9.23. The van der Waals surface area contributed by atoms with Gasteiger partial charge in [-0.25, -0.2) is 4.79 Å². The van der Waals surface area contributed by atoms with Crippen LogP contribution in [0, 0.1) is 6.92 Å². The molecule has 146 valence electrons. The number of fused-ring (bicyclic) bond motifs is 1. The lowest BCUT2D eigenvalue weighted by molar-refractivity contribution is -0.137. The quantitative estimate of drug-likeness (QED) is 0.558. The van der Waals surface area contributed by atoms with E-state index in [0.29, 0.717) is 24.7 Å². The molecule has 0 radical (unpaired) electrons. The highest BCUT2D eigenvalue weighted by Gasteiger charge is 2.31. The van der Waals surface area contributed by atoms with Crippen molar-refractivity contribution in [1.29, 1.82) is 0 Å². The number of benzene rings is 2. The summed E-state index contributed by atoms with van der Waals surface area (Å²) >= 11 is 0. The Labute approximate surface area is 160 Å². The largest absolute Gasteiger partial charge is 0.423 e. The van der Waals surface area contributed by atoms with Crippen molar-refractivity contribution in [2.45, 2.75) is 45.1 Å². The average molecular weight is 387 g/mol. The van der Waals surface area contributed by atoms with Crippen LogP contribution < -0.4 is 5.63 Å². The van der Waals surface area contributed by atoms with Crippen molar-refractivity contribution in [3.63, 3.8) is 0 Å². The second kappa shape index (κ2) is 7.09. The standard InChI is InChI=1S/C22H20F3NO2/c1-14-2-9-19-16(11-21(27)28-20(19)10-14)13-26(18-7-8-18)12-15-3-5-17(6-4-15)22(23,24)25/h2-6,9-11,18H,7-8,12-13H2,1H3. The molecular weight excluding hydrogens is 367 g/mol. The van der Waals surface area contributed by atoms with Crippen LogP contribution in [0.25, 0.3) is 11.0 Å². The summed E-state index contributed by atoms with van der Waals surface area (Å²) in [5, 5.41) is 0.892. The molecule has 1 heterocycles. The molecule has 4 rings (SSSR count). The molecule has 6 heteroatoms. The van der Waals surface area contributed by atoms with Crippen molar-refractivity contribution in [3.8, 4) is 0 Å². The van der Waals surface area contributed by atoms with Crippen LogP contribution in [-0.4, -0.2) is 10.9 Å². The third-order valence-electron chi connectivity index (χ3n) is 5.09. The van der Waals surface area contributed by atoms with E-state index in [0.717, 1.165) is 47.1 Å². The summed E-state index contributed by atoms with van der Waals surface area (Å²) in [6, 6.07) is 13.0. The van der Waals surface area contributed by atoms with Gasteiger partial charge in [0, 0.05) is 30.6 Å². The van der Waals surface area contributed by atoms with E-state index in [4.69, 9.17) is 4.42 Å². The first-order valence-corrected chi connectivity index (χ1v) is 9.23. The maximum absolute atomic E-state index is 12.8. The van der Waals surface area contributed by atoms with E-state index < -0.39 is 17.4 Å². The minimum absolute atomic E-state index is 0.384. The highest BCUT2D eigenvalue weighted by molar-refractivity contribution is 5.80. The molecule has 1 fully saturated rings. The van der Waals surface area contributed by atoms with Gasteiger partial charge in [0.15, 0.2) is 0 Å². The Hall–Kier alpha value is -2.60. The normalized spacial score (nSPS) is 14.8. The highest BCUT2D eigenvalue weighted by Crippen LogP contribution is 2.32. The summed E-state index contributed by atoms with van der Waals surface area (Å²) < 4.78 is 43.6. The maximum atomic E-state index is 12.8. The molecular formula is C22H20F3NO2. The van der Waals surface area contributed by atoms with Crippen molar-refractivity contribution in [1.82, 2.24) is 4.90 Å². The fourth-order valence-corrected chi connectivity index (χ4v) is 3.47. The second-order valence-electron chi connectivity index (χ2n) is 7.42. The summed E-state index contributed by atoms with van der Waals surface area (Å²) in [6.07, 6.45) is -2.22. The molecule has 0 spiro atoms. The van der Waals surface area contributed by atoms with Crippen molar-refractivity contribution in [3.05, 3.63) is 81.2 Å². The monoisotopic (exact) mass is 387 g/mol. The lowest BCUT2D eigenvalue weighted by Crippen LogP contribution is -2.25. The Morgan fingerprint density at radius 1 is 1.04 bits per heavy atom. The topological polar surface area (TPSA) is 33.5 Å². The predicted molar refractivity (Wildman–Crippen MR) is 101 cm³/mol. The SMILES string of the molecule is Cc1ccc2c(CN(Cc3ccc(C(F)(F)F)cc3)C3CC3)cc(=O)oc2c1. The number of alkyl halides is 3. The third kappa shape index (κ3) is 4.12. The Morgan fingerprint density at radius 3 is 2.39 bits per heavy atom. The van der Waals surface area contributed by atoms with Crippen molar-refractivity contribution in [2.24, 2.45) is 0 Å². The zero-order valence-corrected chi connectivity index (χ0v) is 15.4. The van der Waals surface area contributed by atoms with Crippen molar-refractivity contribution >= 4 is 11.0 Å². The maximum Gasteiger partial charge on any atom is 0.416 e. The van der Waals surface area contributed by atoms with E-state index in [-0.39, 0.29) is 0 Å². The molecule has 1 saturated carbocycles. The Morgan fingerprint density at radius 2 is 1.75 bits per heavy atom. The fourth-order valence-electron chi connectivity index (χ4n) is 3.47. The smallest absolute Gasteiger partial charge is 0.416 e. The average Bonchev–Trinajstić information content (AvgIpc) is 3.45. The van der Waals surface area contributed by atoms with Crippen LogP contribution in [0.1, 0.15) is 35.1 Å². The van der Waals surface area contributed by atoms with Crippen molar-refractivity contribution in [2.75, 3.05) is 0 Å². The van der Waals surface area contributed by atoms with Crippen LogP contribution in [0.3, 0.4) is 0 Å². The fraction of sp³-hybridized carbons (Fsp3) is 0.318. The summed E-state index contributed by atoms with van der Waals surface area (Å²) in [4.78, 5) is 14.2. The van der Waals surface area contributed by atoms with E-state index >= 15 is 0 Å². The third-order valence-corrected chi connectivity index (χ3v) is 5.09. The minimum Gasteiger partial charge on any atom is -0.423 e. The van der Waals surface area contributed by atoms with Gasteiger partial charge in [-0.15, -0.1) is 0 Å². The van der Waals surface area contributed by atoms with Gasteiger partial charge in [0.1, 0.15) is 5.58 Å². The van der Waals surface area contributed by atoms with Gasteiger partial charge in [-0.2, -0.15) is 13.2 Å². The molecule has 0 amide bonds. The number of rotatable bonds is 5. The molecule has 0 bridgehead atoms. The van der Waals surface area contributed by atoms with Gasteiger partial charge < -0.3 is 4.42 Å². The molecule has 1 aliphatic rings. The zero-order chi connectivity index (χ0) is 19.9. The summed E-state index contributed by atoms with van der Waals surface area (Å²) in [7, 11) is 0. The molecule has 0 N–H and O–H groups in total. The highest BCUT2D eigenvalue weighted by atomic mass is 19.4. The van der Waals surface area contributed by atoms with E-state index in [1.807, 2.05) is 25.1 Å². The van der Waals surface area contributed by atoms with Crippen LogP contribution in [0.2, 0.25) is 0 Å². The molecule has 0 saturated heterocycles. The van der Waals surface area contributed by atoms with Crippen LogP contribution in [0.4, 0.5) is 13.2 Å². The minimum atomic E-state index is -4.33. The molecule has 0 atom stereocenters. The Bertz CT molecular complexity index is 1050. The number of hydrogen-bond acceptors (Lipinski definition) is 3. The molecule has 1 aliphatic carbocycles. The summed E-state index contributed by atoms with van der Waals surface area (Å²) in [5.74, 6) is 0. The predicted octanol–water partition coefficient (Wildman–Crippen LogP) is 5.28. The van der Waals surface area contributed by atoms with Gasteiger partial charge in [0.05, 0.1) is 5.56 Å². The van der Waals surface area contributed by atoms with E-state index in [9.17, 15) is 18.0 Å². The van der Waals surface area contributed by atoms with E-state index in [2.05, 4.69) is 4.90 Å². The lowest BCUT2D eigenvalue weighted by Gasteiger charge is -2.23. The molecule has 1 aromatic heterocycles. The van der Waals surface area contributed by atoms with E-state index in [1.165, 1.54) is 18.2 Å². The summed E-state index contributed by atoms with van der Waals surface area (Å²) in [5.41, 5.74) is 2.24. The molecule has 3 nitrogen and oxygen atoms in total. The molecule has 28 heavy (non-hydrogen) atoms. The number of halogens is 3. The first kappa shape index (κ1) is 18.7. The van der Waals surface area contributed by atoms with E-state index in [1.54, 1.807) is 0 Å². The zero-order valence-electron chi connectivity index (χ0n) is 15.4. The molecule has 2 aromatic carbocycles. The summed E-state index contributed by atoms with van der Waals surface area (Å²) in [6.45, 7) is 3.03. The first-order chi connectivity index (χ1) is 13.3. The number of aryl methyl sites for hydroxylation is 1. The van der Waals surface area contributed by atoms with Crippen molar-refractivity contribution < 1.29 is 17.6 Å². The second-order valence-corrected chi connectivity index (χ2v) is 7.42. The van der Waals surface area contributed by atoms with Gasteiger partial charge in [-0.3, -0.25) is 4.90 Å². The Balaban J connectivity index is 1.60. The Kier molecular flexibility index (Phi) is 4.75. The number of hydrogen-bond donors (Lipinski definition) is 0. The molecule has 0 unspecified atom stereocenters. The van der Waals surface area contributed by atoms with Gasteiger partial charge in [-0.05, 0) is 54.7 Å². The van der Waals surface area contributed by atoms with Gasteiger partial charge in [0.25, 0.3) is 0 Å². The van der Waals surface area contributed by atoms with Gasteiger partial charge >= 0.3 is 11.8 Å². The van der Waals surface area contributed by atoms with Gasteiger partial charge in [0.2, 0.25) is 0 Å². The molecule has 3 aromatic rings. The van der Waals surface area contributed by atoms with Crippen LogP contribution in [0.5, 0.6) is 0 Å².